The van der Waals surface area contributed by atoms with E-state index < -0.39 is 0 Å². The molecule has 130 valence electrons. The van der Waals surface area contributed by atoms with Crippen LogP contribution in [0.4, 0.5) is 5.69 Å². The lowest BCUT2D eigenvalue weighted by Crippen LogP contribution is -2.30. The van der Waals surface area contributed by atoms with Crippen LogP contribution in [-0.4, -0.2) is 20.4 Å². The molecule has 2 N–H and O–H groups in total. The highest BCUT2D eigenvalue weighted by Gasteiger charge is 2.14. The number of hydrogen-bond donors (Lipinski definition) is 2. The van der Waals surface area contributed by atoms with E-state index in [0.717, 1.165) is 28.1 Å². The molecule has 6 heteroatoms. The van der Waals surface area contributed by atoms with E-state index in [1.54, 1.807) is 13.0 Å². The van der Waals surface area contributed by atoms with Gasteiger partial charge in [0, 0.05) is 11.4 Å². The van der Waals surface area contributed by atoms with Gasteiger partial charge in [-0.05, 0) is 51.8 Å². The molecule has 0 aliphatic heterocycles. The van der Waals surface area contributed by atoms with Gasteiger partial charge in [-0.3, -0.25) is 14.2 Å². The number of anilines is 1. The summed E-state index contributed by atoms with van der Waals surface area (Å²) in [5.74, 6) is 0.264. The summed E-state index contributed by atoms with van der Waals surface area (Å²) in [4.78, 5) is 32.6. The Labute approximate surface area is 145 Å². The molecule has 25 heavy (non-hydrogen) atoms. The third kappa shape index (κ3) is 3.20. The van der Waals surface area contributed by atoms with E-state index in [-0.39, 0.29) is 18.0 Å². The number of aromatic amines is 1. The second-order valence-electron chi connectivity index (χ2n) is 6.59. The summed E-state index contributed by atoms with van der Waals surface area (Å²) in [7, 11) is 0. The van der Waals surface area contributed by atoms with Gasteiger partial charge in [0.2, 0.25) is 5.91 Å². The number of rotatable bonds is 3. The van der Waals surface area contributed by atoms with Crippen LogP contribution >= 0.6 is 0 Å². The average Bonchev–Trinajstić information content (AvgIpc) is 2.88. The van der Waals surface area contributed by atoms with Crippen molar-refractivity contribution in [3.8, 4) is 0 Å². The van der Waals surface area contributed by atoms with Crippen molar-refractivity contribution in [2.45, 2.75) is 41.2 Å². The zero-order chi connectivity index (χ0) is 18.3. The van der Waals surface area contributed by atoms with Crippen LogP contribution in [0.15, 0.2) is 23.0 Å². The molecule has 0 aliphatic carbocycles. The van der Waals surface area contributed by atoms with Crippen molar-refractivity contribution in [2.24, 2.45) is 0 Å². The molecule has 0 unspecified atom stereocenters. The second-order valence-corrected chi connectivity index (χ2v) is 6.59. The predicted molar refractivity (Wildman–Crippen MR) is 99.1 cm³/mol. The molecule has 0 spiro atoms. The van der Waals surface area contributed by atoms with Crippen LogP contribution in [0.5, 0.6) is 0 Å². The summed E-state index contributed by atoms with van der Waals surface area (Å²) in [6, 6.07) is 5.80. The highest BCUT2D eigenvalue weighted by molar-refractivity contribution is 5.92. The van der Waals surface area contributed by atoms with E-state index in [0.29, 0.717) is 16.9 Å². The first-order valence-corrected chi connectivity index (χ1v) is 8.20. The fourth-order valence-corrected chi connectivity index (χ4v) is 3.23. The van der Waals surface area contributed by atoms with Crippen molar-refractivity contribution in [1.29, 1.82) is 0 Å². The molecule has 0 atom stereocenters. The lowest BCUT2D eigenvalue weighted by atomic mass is 10.1. The fraction of sp³-hybridized carbons (Fsp3) is 0.316. The molecule has 1 amide bonds. The molecule has 0 aliphatic rings. The Hall–Kier alpha value is -2.89. The van der Waals surface area contributed by atoms with Crippen molar-refractivity contribution in [3.05, 3.63) is 56.8 Å². The first kappa shape index (κ1) is 17.0. The minimum absolute atomic E-state index is 0.0649. The van der Waals surface area contributed by atoms with Gasteiger partial charge in [0.25, 0.3) is 5.56 Å². The van der Waals surface area contributed by atoms with E-state index in [2.05, 4.69) is 15.3 Å². The molecule has 6 nitrogen and oxygen atoms in total. The summed E-state index contributed by atoms with van der Waals surface area (Å²) >= 11 is 0. The van der Waals surface area contributed by atoms with Gasteiger partial charge in [0.15, 0.2) is 0 Å². The van der Waals surface area contributed by atoms with Gasteiger partial charge < -0.3 is 10.3 Å². The Morgan fingerprint density at radius 3 is 2.40 bits per heavy atom. The molecule has 3 aromatic rings. The van der Waals surface area contributed by atoms with Crippen LogP contribution in [0.2, 0.25) is 0 Å². The fourth-order valence-electron chi connectivity index (χ4n) is 3.23. The lowest BCUT2D eigenvalue weighted by Gasteiger charge is -2.14. The number of amides is 1. The van der Waals surface area contributed by atoms with E-state index >= 15 is 0 Å². The van der Waals surface area contributed by atoms with E-state index in [9.17, 15) is 9.59 Å². The number of nitrogens with zero attached hydrogens (tertiary/aromatic N) is 2. The number of fused-ring (bicyclic) bond motifs is 1. The molecule has 0 saturated carbocycles. The Morgan fingerprint density at radius 1 is 1.12 bits per heavy atom. The SMILES string of the molecule is Cc1cc(C)c(NC(=O)Cn2c(C)nc3[nH]c(C)cc3c2=O)c(C)c1. The van der Waals surface area contributed by atoms with Crippen molar-refractivity contribution < 1.29 is 4.79 Å². The molecule has 0 bridgehead atoms. The van der Waals surface area contributed by atoms with Crippen molar-refractivity contribution >= 4 is 22.6 Å². The van der Waals surface area contributed by atoms with Crippen LogP contribution in [0, 0.1) is 34.6 Å². The third-order valence-electron chi connectivity index (χ3n) is 4.31. The summed E-state index contributed by atoms with van der Waals surface area (Å²) < 4.78 is 1.41. The van der Waals surface area contributed by atoms with Crippen LogP contribution in [0.3, 0.4) is 0 Å². The van der Waals surface area contributed by atoms with Crippen molar-refractivity contribution in [1.82, 2.24) is 14.5 Å². The van der Waals surface area contributed by atoms with Crippen LogP contribution in [0.1, 0.15) is 28.2 Å². The van der Waals surface area contributed by atoms with Gasteiger partial charge in [0.1, 0.15) is 18.0 Å². The number of aromatic nitrogens is 3. The van der Waals surface area contributed by atoms with E-state index in [1.807, 2.05) is 39.8 Å². The average molecular weight is 338 g/mol. The Bertz CT molecular complexity index is 1020. The van der Waals surface area contributed by atoms with E-state index in [1.165, 1.54) is 4.57 Å². The van der Waals surface area contributed by atoms with E-state index in [4.69, 9.17) is 0 Å². The van der Waals surface area contributed by atoms with Gasteiger partial charge >= 0.3 is 0 Å². The number of nitrogens with one attached hydrogen (secondary N) is 2. The highest BCUT2D eigenvalue weighted by Crippen LogP contribution is 2.22. The number of aryl methyl sites for hydroxylation is 5. The highest BCUT2D eigenvalue weighted by atomic mass is 16.2. The number of carbonyl (C=O) groups excluding carboxylic acids is 1. The molecular weight excluding hydrogens is 316 g/mol. The molecular formula is C19H22N4O2. The molecule has 2 heterocycles. The standard InChI is InChI=1S/C19H22N4O2/c1-10-6-11(2)17(12(3)7-10)22-16(24)9-23-14(5)21-18-15(19(23)25)8-13(4)20-18/h6-8,20H,9H2,1-5H3,(H,22,24). The normalized spacial score (nSPS) is 11.1. The minimum Gasteiger partial charge on any atom is -0.343 e. The molecule has 0 saturated heterocycles. The Kier molecular flexibility index (Phi) is 4.20. The predicted octanol–water partition coefficient (Wildman–Crippen LogP) is 2.91. The second kappa shape index (κ2) is 6.20. The molecule has 1 aromatic carbocycles. The molecule has 0 fully saturated rings. The van der Waals surface area contributed by atoms with Crippen LogP contribution < -0.4 is 10.9 Å². The zero-order valence-electron chi connectivity index (χ0n) is 15.2. The van der Waals surface area contributed by atoms with Crippen LogP contribution in [0.25, 0.3) is 11.0 Å². The lowest BCUT2D eigenvalue weighted by molar-refractivity contribution is -0.116. The molecule has 2 aromatic heterocycles. The maximum absolute atomic E-state index is 12.7. The van der Waals surface area contributed by atoms with Gasteiger partial charge in [-0.25, -0.2) is 4.98 Å². The Morgan fingerprint density at radius 2 is 1.76 bits per heavy atom. The monoisotopic (exact) mass is 338 g/mol. The molecule has 3 rings (SSSR count). The smallest absolute Gasteiger partial charge is 0.263 e. The Balaban J connectivity index is 1.92. The van der Waals surface area contributed by atoms with Crippen molar-refractivity contribution in [3.63, 3.8) is 0 Å². The largest absolute Gasteiger partial charge is 0.343 e. The summed E-state index contributed by atoms with van der Waals surface area (Å²) in [5, 5.41) is 3.43. The summed E-state index contributed by atoms with van der Waals surface area (Å²) in [5.41, 5.74) is 5.17. The topological polar surface area (TPSA) is 79.8 Å². The quantitative estimate of drug-likeness (QED) is 0.770. The first-order chi connectivity index (χ1) is 11.8. The van der Waals surface area contributed by atoms with Gasteiger partial charge in [0.05, 0.1) is 5.39 Å². The zero-order valence-corrected chi connectivity index (χ0v) is 15.2. The number of carbonyl (C=O) groups is 1. The summed E-state index contributed by atoms with van der Waals surface area (Å²) in [6.07, 6.45) is 0. The number of hydrogen-bond acceptors (Lipinski definition) is 3. The maximum Gasteiger partial charge on any atom is 0.263 e. The third-order valence-corrected chi connectivity index (χ3v) is 4.31. The molecule has 0 radical (unpaired) electrons. The van der Waals surface area contributed by atoms with Crippen LogP contribution in [-0.2, 0) is 11.3 Å². The summed E-state index contributed by atoms with van der Waals surface area (Å²) in [6.45, 7) is 9.48. The minimum atomic E-state index is -0.242. The van der Waals surface area contributed by atoms with Gasteiger partial charge in [-0.2, -0.15) is 0 Å². The number of benzene rings is 1. The van der Waals surface area contributed by atoms with Gasteiger partial charge in [-0.15, -0.1) is 0 Å². The maximum atomic E-state index is 12.7. The van der Waals surface area contributed by atoms with Crippen molar-refractivity contribution in [2.75, 3.05) is 5.32 Å². The van der Waals surface area contributed by atoms with Gasteiger partial charge in [-0.1, -0.05) is 17.7 Å². The number of H-pyrrole nitrogens is 1. The first-order valence-electron chi connectivity index (χ1n) is 8.20.